The molecule has 0 aliphatic carbocycles. The van der Waals surface area contributed by atoms with Crippen LogP contribution in [-0.2, 0) is 14.3 Å². The van der Waals surface area contributed by atoms with Gasteiger partial charge >= 0.3 is 5.97 Å². The number of ether oxygens (including phenoxy) is 3. The fraction of sp³-hybridized carbons (Fsp3) is 0.250. The predicted molar refractivity (Wildman–Crippen MR) is 110 cm³/mol. The van der Waals surface area contributed by atoms with Crippen molar-refractivity contribution in [2.24, 2.45) is 5.73 Å². The molecule has 2 amide bonds. The summed E-state index contributed by atoms with van der Waals surface area (Å²) in [4.78, 5) is 35.5. The van der Waals surface area contributed by atoms with E-state index in [1.807, 2.05) is 25.1 Å². The van der Waals surface area contributed by atoms with Crippen LogP contribution < -0.4 is 20.5 Å². The smallest absolute Gasteiger partial charge is 0.344 e. The Hall–Kier alpha value is -3.33. The first-order valence-corrected chi connectivity index (χ1v) is 9.54. The van der Waals surface area contributed by atoms with Crippen LogP contribution >= 0.6 is 11.3 Å². The van der Waals surface area contributed by atoms with Crippen molar-refractivity contribution in [3.05, 3.63) is 46.8 Å². The largest absolute Gasteiger partial charge is 0.493 e. The van der Waals surface area contributed by atoms with Gasteiger partial charge < -0.3 is 25.3 Å². The first kappa shape index (κ1) is 22.0. The van der Waals surface area contributed by atoms with E-state index in [1.54, 1.807) is 17.5 Å². The first-order valence-electron chi connectivity index (χ1n) is 8.66. The summed E-state index contributed by atoms with van der Waals surface area (Å²) in [6, 6.07) is 6.77. The van der Waals surface area contributed by atoms with E-state index in [2.05, 4.69) is 5.32 Å². The highest BCUT2D eigenvalue weighted by Gasteiger charge is 2.21. The van der Waals surface area contributed by atoms with Crippen LogP contribution in [0.15, 0.2) is 35.7 Å². The third kappa shape index (κ3) is 6.08. The maximum atomic E-state index is 12.2. The molecule has 0 aliphatic rings. The number of hydrogen-bond donors (Lipinski definition) is 2. The lowest BCUT2D eigenvalue weighted by atomic mass is 10.2. The van der Waals surface area contributed by atoms with Gasteiger partial charge in [0.25, 0.3) is 11.8 Å². The number of amides is 2. The van der Waals surface area contributed by atoms with E-state index in [0.717, 1.165) is 16.9 Å². The highest BCUT2D eigenvalue weighted by molar-refractivity contribution is 7.14. The predicted octanol–water partition coefficient (Wildman–Crippen LogP) is 2.84. The van der Waals surface area contributed by atoms with E-state index < -0.39 is 30.5 Å². The molecule has 1 heterocycles. The van der Waals surface area contributed by atoms with Gasteiger partial charge in [-0.15, -0.1) is 11.3 Å². The van der Waals surface area contributed by atoms with Crippen molar-refractivity contribution in [1.82, 2.24) is 0 Å². The van der Waals surface area contributed by atoms with Crippen LogP contribution in [0.3, 0.4) is 0 Å². The number of hydrogen-bond acceptors (Lipinski definition) is 7. The summed E-state index contributed by atoms with van der Waals surface area (Å²) in [5.41, 5.74) is 6.35. The molecule has 8 nitrogen and oxygen atoms in total. The fourth-order valence-corrected chi connectivity index (χ4v) is 3.13. The molecule has 2 aromatic rings. The molecule has 0 fully saturated rings. The number of methoxy groups -OCH3 is 1. The first-order chi connectivity index (χ1) is 13.8. The molecule has 29 heavy (non-hydrogen) atoms. The Kier molecular flexibility index (Phi) is 7.79. The standard InChI is InChI=1S/C20H22N2O6S/c1-4-5-13-6-7-15(16(10-13)26-3)27-11-17(23)28-12(2)19(25)22-20-14(18(21)24)8-9-29-20/h4-10,12H,11H2,1-3H3,(H2,21,24)(H,22,25)/b5-4+/t12-/m0/s1. The summed E-state index contributed by atoms with van der Waals surface area (Å²) in [7, 11) is 1.50. The number of anilines is 1. The third-order valence-electron chi connectivity index (χ3n) is 3.74. The van der Waals surface area contributed by atoms with E-state index in [1.165, 1.54) is 20.1 Å². The monoisotopic (exact) mass is 418 g/mol. The summed E-state index contributed by atoms with van der Waals surface area (Å²) in [5, 5.41) is 4.44. The van der Waals surface area contributed by atoms with Crippen molar-refractivity contribution < 1.29 is 28.6 Å². The van der Waals surface area contributed by atoms with Crippen LogP contribution in [0.4, 0.5) is 5.00 Å². The fourth-order valence-electron chi connectivity index (χ4n) is 2.33. The van der Waals surface area contributed by atoms with E-state index in [9.17, 15) is 14.4 Å². The molecule has 0 bridgehead atoms. The summed E-state index contributed by atoms with van der Waals surface area (Å²) in [5.74, 6) is -1.13. The molecule has 0 aliphatic heterocycles. The van der Waals surface area contributed by atoms with E-state index in [0.29, 0.717) is 16.5 Å². The SMILES string of the molecule is C/C=C/c1ccc(OCC(=O)O[C@@H](C)C(=O)Nc2sccc2C(N)=O)c(OC)c1. The summed E-state index contributed by atoms with van der Waals surface area (Å²) in [6.45, 7) is 2.91. The molecule has 0 unspecified atom stereocenters. The van der Waals surface area contributed by atoms with Crippen molar-refractivity contribution in [2.45, 2.75) is 20.0 Å². The lowest BCUT2D eigenvalue weighted by Gasteiger charge is -2.14. The number of carbonyl (C=O) groups is 3. The van der Waals surface area contributed by atoms with Crippen molar-refractivity contribution in [3.63, 3.8) is 0 Å². The number of esters is 1. The number of thiophene rings is 1. The number of carbonyl (C=O) groups excluding carboxylic acids is 3. The normalized spacial score (nSPS) is 11.7. The molecule has 0 spiro atoms. The van der Waals surface area contributed by atoms with Gasteiger partial charge in [-0.25, -0.2) is 4.79 Å². The lowest BCUT2D eigenvalue weighted by Crippen LogP contribution is -2.32. The molecule has 1 atom stereocenters. The van der Waals surface area contributed by atoms with Crippen LogP contribution in [-0.4, -0.2) is 37.6 Å². The molecular weight excluding hydrogens is 396 g/mol. The minimum Gasteiger partial charge on any atom is -0.493 e. The highest BCUT2D eigenvalue weighted by atomic mass is 32.1. The molecule has 9 heteroatoms. The van der Waals surface area contributed by atoms with E-state index in [4.69, 9.17) is 19.9 Å². The minimum atomic E-state index is -1.09. The van der Waals surface area contributed by atoms with Gasteiger partial charge in [0.15, 0.2) is 24.2 Å². The molecule has 1 aromatic heterocycles. The molecule has 0 saturated heterocycles. The molecule has 2 rings (SSSR count). The quantitative estimate of drug-likeness (QED) is 0.605. The maximum absolute atomic E-state index is 12.2. The van der Waals surface area contributed by atoms with Crippen molar-refractivity contribution in [3.8, 4) is 11.5 Å². The second-order valence-electron chi connectivity index (χ2n) is 5.85. The van der Waals surface area contributed by atoms with Gasteiger partial charge in [0, 0.05) is 0 Å². The van der Waals surface area contributed by atoms with Gasteiger partial charge in [-0.2, -0.15) is 0 Å². The van der Waals surface area contributed by atoms with Crippen molar-refractivity contribution in [1.29, 1.82) is 0 Å². The molecule has 0 radical (unpaired) electrons. The average molecular weight is 418 g/mol. The van der Waals surface area contributed by atoms with Gasteiger partial charge in [0.2, 0.25) is 0 Å². The molecule has 0 saturated carbocycles. The number of benzene rings is 1. The van der Waals surface area contributed by atoms with E-state index >= 15 is 0 Å². The van der Waals surface area contributed by atoms with Crippen LogP contribution in [0.1, 0.15) is 29.8 Å². The number of allylic oxidation sites excluding steroid dienone is 1. The number of nitrogens with one attached hydrogen (secondary N) is 1. The zero-order chi connectivity index (χ0) is 21.4. The molecule has 3 N–H and O–H groups in total. The highest BCUT2D eigenvalue weighted by Crippen LogP contribution is 2.28. The number of nitrogens with two attached hydrogens (primary N) is 1. The lowest BCUT2D eigenvalue weighted by molar-refractivity contribution is -0.155. The summed E-state index contributed by atoms with van der Waals surface area (Å²) >= 11 is 1.14. The Morgan fingerprint density at radius 1 is 1.24 bits per heavy atom. The van der Waals surface area contributed by atoms with Crippen LogP contribution in [0, 0.1) is 0 Å². The Morgan fingerprint density at radius 2 is 2.00 bits per heavy atom. The number of rotatable bonds is 9. The van der Waals surface area contributed by atoms with Crippen molar-refractivity contribution >= 4 is 40.2 Å². The topological polar surface area (TPSA) is 117 Å². The Morgan fingerprint density at radius 3 is 2.66 bits per heavy atom. The van der Waals surface area contributed by atoms with Gasteiger partial charge in [-0.3, -0.25) is 9.59 Å². The molecular formula is C20H22N2O6S. The Labute approximate surface area is 172 Å². The van der Waals surface area contributed by atoms with E-state index in [-0.39, 0.29) is 5.56 Å². The van der Waals surface area contributed by atoms with Gasteiger partial charge in [0.05, 0.1) is 12.7 Å². The minimum absolute atomic E-state index is 0.193. The van der Waals surface area contributed by atoms with Crippen LogP contribution in [0.25, 0.3) is 6.08 Å². The molecule has 1 aromatic carbocycles. The van der Waals surface area contributed by atoms with Crippen LogP contribution in [0.5, 0.6) is 11.5 Å². The second-order valence-corrected chi connectivity index (χ2v) is 6.76. The summed E-state index contributed by atoms with van der Waals surface area (Å²) < 4.78 is 15.8. The Balaban J connectivity index is 1.91. The second kappa shape index (κ2) is 10.3. The van der Waals surface area contributed by atoms with Gasteiger partial charge in [-0.1, -0.05) is 18.2 Å². The molecule has 154 valence electrons. The maximum Gasteiger partial charge on any atom is 0.344 e. The number of primary amides is 1. The van der Waals surface area contributed by atoms with Crippen LogP contribution in [0.2, 0.25) is 0 Å². The van der Waals surface area contributed by atoms with Gasteiger partial charge in [0.1, 0.15) is 5.00 Å². The zero-order valence-corrected chi connectivity index (χ0v) is 17.1. The summed E-state index contributed by atoms with van der Waals surface area (Å²) in [6.07, 6.45) is 2.70. The average Bonchev–Trinajstić information content (AvgIpc) is 3.15. The third-order valence-corrected chi connectivity index (χ3v) is 4.57. The Bertz CT molecular complexity index is 921. The van der Waals surface area contributed by atoms with Gasteiger partial charge in [-0.05, 0) is 43.0 Å². The zero-order valence-electron chi connectivity index (χ0n) is 16.3. The van der Waals surface area contributed by atoms with Crippen molar-refractivity contribution in [2.75, 3.05) is 19.0 Å².